The van der Waals surface area contributed by atoms with E-state index in [1.165, 1.54) is 0 Å². The van der Waals surface area contributed by atoms with Crippen molar-refractivity contribution in [1.82, 2.24) is 14.5 Å². The molecule has 0 amide bonds. The maximum Gasteiger partial charge on any atom is 0.348 e. The van der Waals surface area contributed by atoms with E-state index in [2.05, 4.69) is 14.9 Å². The fraction of sp³-hybridized carbons (Fsp3) is 0.375. The normalized spacial score (nSPS) is 15.8. The molecule has 4 heterocycles. The van der Waals surface area contributed by atoms with Gasteiger partial charge in [-0.1, -0.05) is 25.4 Å². The standard InChI is InChI=1S/C22H22ClN5O3.C2H6/c1-30-9-8-28-20-16-10-14(23)3-4-17(16)31-21(20)19(26-22(28)29)13-2-5-18(25-11-13)27-7-6-15(24)12-27;1-2/h2-5,10-11,15H,6-9,12,24H2,1H3;1-2H3. The van der Waals surface area contributed by atoms with Crippen molar-refractivity contribution in [3.05, 3.63) is 52.0 Å². The van der Waals surface area contributed by atoms with Crippen LogP contribution in [0, 0.1) is 0 Å². The zero-order chi connectivity index (χ0) is 23.5. The number of rotatable bonds is 5. The van der Waals surface area contributed by atoms with Gasteiger partial charge in [-0.05, 0) is 36.8 Å². The molecule has 0 radical (unpaired) electrons. The number of aromatic nitrogens is 3. The molecular formula is C24H28ClN5O3. The van der Waals surface area contributed by atoms with Gasteiger partial charge in [-0.2, -0.15) is 4.98 Å². The van der Waals surface area contributed by atoms with Crippen LogP contribution in [0.2, 0.25) is 5.02 Å². The van der Waals surface area contributed by atoms with E-state index in [0.717, 1.165) is 30.7 Å². The molecule has 9 heteroatoms. The Balaban J connectivity index is 0.00000126. The highest BCUT2D eigenvalue weighted by Crippen LogP contribution is 2.35. The average molecular weight is 470 g/mol. The fourth-order valence-corrected chi connectivity index (χ4v) is 4.25. The predicted octanol–water partition coefficient (Wildman–Crippen LogP) is 4.07. The number of furan rings is 1. The van der Waals surface area contributed by atoms with E-state index < -0.39 is 0 Å². The Morgan fingerprint density at radius 3 is 2.76 bits per heavy atom. The first-order valence-electron chi connectivity index (χ1n) is 11.1. The Bertz CT molecular complexity index is 1320. The van der Waals surface area contributed by atoms with E-state index in [-0.39, 0.29) is 11.7 Å². The van der Waals surface area contributed by atoms with Crippen molar-refractivity contribution < 1.29 is 9.15 Å². The Hall–Kier alpha value is -2.94. The van der Waals surface area contributed by atoms with E-state index >= 15 is 0 Å². The van der Waals surface area contributed by atoms with E-state index in [1.807, 2.05) is 26.0 Å². The Morgan fingerprint density at radius 2 is 2.09 bits per heavy atom. The number of hydrogen-bond donors (Lipinski definition) is 1. The molecule has 0 saturated carbocycles. The Labute approximate surface area is 196 Å². The molecule has 8 nitrogen and oxygen atoms in total. The summed E-state index contributed by atoms with van der Waals surface area (Å²) in [6.07, 6.45) is 2.67. The van der Waals surface area contributed by atoms with Gasteiger partial charge in [-0.3, -0.25) is 4.57 Å². The Kier molecular flexibility index (Phi) is 6.97. The summed E-state index contributed by atoms with van der Waals surface area (Å²) in [6, 6.07) is 9.36. The van der Waals surface area contributed by atoms with Crippen molar-refractivity contribution in [2.75, 3.05) is 31.7 Å². The number of nitrogens with zero attached hydrogens (tertiary/aromatic N) is 4. The summed E-state index contributed by atoms with van der Waals surface area (Å²) in [6.45, 7) is 6.40. The third kappa shape index (κ3) is 4.46. The summed E-state index contributed by atoms with van der Waals surface area (Å²) < 4.78 is 12.9. The maximum absolute atomic E-state index is 13.0. The van der Waals surface area contributed by atoms with Gasteiger partial charge in [0.2, 0.25) is 0 Å². The lowest BCUT2D eigenvalue weighted by Crippen LogP contribution is -2.27. The Morgan fingerprint density at radius 1 is 1.27 bits per heavy atom. The number of hydrogen-bond acceptors (Lipinski definition) is 7. The van der Waals surface area contributed by atoms with Gasteiger partial charge < -0.3 is 19.8 Å². The lowest BCUT2D eigenvalue weighted by molar-refractivity contribution is 0.187. The molecule has 1 unspecified atom stereocenters. The van der Waals surface area contributed by atoms with Crippen molar-refractivity contribution in [2.24, 2.45) is 5.73 Å². The number of fused-ring (bicyclic) bond motifs is 3. The van der Waals surface area contributed by atoms with Crippen molar-refractivity contribution >= 4 is 39.5 Å². The molecule has 2 N–H and O–H groups in total. The van der Waals surface area contributed by atoms with Gasteiger partial charge in [0.15, 0.2) is 5.58 Å². The third-order valence-corrected chi connectivity index (χ3v) is 5.87. The highest BCUT2D eigenvalue weighted by molar-refractivity contribution is 6.31. The summed E-state index contributed by atoms with van der Waals surface area (Å²) in [4.78, 5) is 24.0. The molecule has 33 heavy (non-hydrogen) atoms. The summed E-state index contributed by atoms with van der Waals surface area (Å²) in [5.41, 5.74) is 8.60. The molecule has 1 atom stereocenters. The molecule has 3 aromatic heterocycles. The summed E-state index contributed by atoms with van der Waals surface area (Å²) in [7, 11) is 1.59. The van der Waals surface area contributed by atoms with Gasteiger partial charge in [-0.25, -0.2) is 9.78 Å². The van der Waals surface area contributed by atoms with Gasteiger partial charge in [0.25, 0.3) is 0 Å². The predicted molar refractivity (Wildman–Crippen MR) is 132 cm³/mol. The minimum atomic E-state index is -0.378. The maximum atomic E-state index is 13.0. The molecule has 4 aromatic rings. The van der Waals surface area contributed by atoms with Crippen LogP contribution >= 0.6 is 11.6 Å². The molecule has 1 aliphatic rings. The first-order valence-corrected chi connectivity index (χ1v) is 11.5. The number of ether oxygens (including phenoxy) is 1. The first-order chi connectivity index (χ1) is 16.0. The van der Waals surface area contributed by atoms with Crippen LogP contribution in [-0.4, -0.2) is 47.4 Å². The minimum absolute atomic E-state index is 0.171. The van der Waals surface area contributed by atoms with Crippen molar-refractivity contribution in [3.63, 3.8) is 0 Å². The number of benzene rings is 1. The molecule has 0 bridgehead atoms. The van der Waals surface area contributed by atoms with Crippen LogP contribution in [0.1, 0.15) is 20.3 Å². The fourth-order valence-electron chi connectivity index (χ4n) is 4.08. The summed E-state index contributed by atoms with van der Waals surface area (Å²) in [5.74, 6) is 0.859. The van der Waals surface area contributed by atoms with Gasteiger partial charge in [0, 0.05) is 48.4 Å². The molecular weight excluding hydrogens is 442 g/mol. The topological polar surface area (TPSA) is 99.4 Å². The summed E-state index contributed by atoms with van der Waals surface area (Å²) in [5, 5.41) is 1.32. The molecule has 0 aliphatic carbocycles. The van der Waals surface area contributed by atoms with Crippen LogP contribution in [0.15, 0.2) is 45.7 Å². The van der Waals surface area contributed by atoms with Crippen molar-refractivity contribution in [2.45, 2.75) is 32.9 Å². The zero-order valence-electron chi connectivity index (χ0n) is 19.0. The van der Waals surface area contributed by atoms with Crippen molar-refractivity contribution in [1.29, 1.82) is 0 Å². The second-order valence-corrected chi connectivity index (χ2v) is 8.14. The molecule has 5 rings (SSSR count). The van der Waals surface area contributed by atoms with E-state index in [0.29, 0.717) is 46.1 Å². The lowest BCUT2D eigenvalue weighted by Gasteiger charge is -2.16. The average Bonchev–Trinajstić information content (AvgIpc) is 3.43. The van der Waals surface area contributed by atoms with Crippen molar-refractivity contribution in [3.8, 4) is 11.3 Å². The van der Waals surface area contributed by atoms with Crippen LogP contribution in [0.4, 0.5) is 5.82 Å². The number of methoxy groups -OCH3 is 1. The van der Waals surface area contributed by atoms with Gasteiger partial charge >= 0.3 is 5.69 Å². The van der Waals surface area contributed by atoms with Crippen LogP contribution in [0.3, 0.4) is 0 Å². The summed E-state index contributed by atoms with van der Waals surface area (Å²) >= 11 is 6.23. The van der Waals surface area contributed by atoms with Crippen LogP contribution < -0.4 is 16.3 Å². The van der Waals surface area contributed by atoms with Gasteiger partial charge in [0.1, 0.15) is 22.6 Å². The molecule has 174 valence electrons. The second-order valence-electron chi connectivity index (χ2n) is 7.71. The molecule has 0 spiro atoms. The SMILES string of the molecule is CC.COCCn1c(=O)nc(-c2ccc(N3CCC(N)C3)nc2)c2oc3ccc(Cl)cc3c21. The molecule has 1 aliphatic heterocycles. The smallest absolute Gasteiger partial charge is 0.348 e. The van der Waals surface area contributed by atoms with E-state index in [4.69, 9.17) is 26.5 Å². The number of halogens is 1. The van der Waals surface area contributed by atoms with Gasteiger partial charge in [0.05, 0.1) is 13.2 Å². The number of pyridine rings is 1. The van der Waals surface area contributed by atoms with E-state index in [9.17, 15) is 4.79 Å². The second kappa shape index (κ2) is 9.91. The quantitative estimate of drug-likeness (QED) is 0.470. The number of nitrogens with two attached hydrogens (primary N) is 1. The largest absolute Gasteiger partial charge is 0.452 e. The van der Waals surface area contributed by atoms with E-state index in [1.54, 1.807) is 36.1 Å². The highest BCUT2D eigenvalue weighted by Gasteiger charge is 2.22. The van der Waals surface area contributed by atoms with Crippen LogP contribution in [0.25, 0.3) is 33.3 Å². The number of anilines is 1. The van der Waals surface area contributed by atoms with Gasteiger partial charge in [-0.15, -0.1) is 0 Å². The molecule has 1 fully saturated rings. The highest BCUT2D eigenvalue weighted by atomic mass is 35.5. The monoisotopic (exact) mass is 469 g/mol. The minimum Gasteiger partial charge on any atom is -0.452 e. The zero-order valence-corrected chi connectivity index (χ0v) is 19.8. The van der Waals surface area contributed by atoms with Crippen LogP contribution in [-0.2, 0) is 11.3 Å². The first kappa shape index (κ1) is 23.2. The molecule has 1 saturated heterocycles. The lowest BCUT2D eigenvalue weighted by atomic mass is 10.1. The third-order valence-electron chi connectivity index (χ3n) is 5.64. The molecule has 1 aromatic carbocycles. The van der Waals surface area contributed by atoms with Crippen LogP contribution in [0.5, 0.6) is 0 Å².